The molecule has 0 saturated heterocycles. The number of hydrazine groups is 1. The Bertz CT molecular complexity index is 585. The van der Waals surface area contributed by atoms with E-state index in [0.29, 0.717) is 25.6 Å². The lowest BCUT2D eigenvalue weighted by Crippen LogP contribution is -2.29. The van der Waals surface area contributed by atoms with Crippen molar-refractivity contribution < 1.29 is 4.79 Å². The van der Waals surface area contributed by atoms with Crippen molar-refractivity contribution in [2.45, 2.75) is 0 Å². The monoisotopic (exact) mass is 320 g/mol. The Kier molecular flexibility index (Phi) is 4.35. The first-order chi connectivity index (χ1) is 8.58. The van der Waals surface area contributed by atoms with Crippen molar-refractivity contribution in [1.82, 2.24) is 5.43 Å². The fraction of sp³-hybridized carbons (Fsp3) is 0. The first-order valence-corrected chi connectivity index (χ1v) is 6.83. The molecule has 2 N–H and O–H groups in total. The summed E-state index contributed by atoms with van der Waals surface area (Å²) in [5.41, 5.74) is 5.72. The highest BCUT2D eigenvalue weighted by atomic mass is 35.5. The summed E-state index contributed by atoms with van der Waals surface area (Å²) in [4.78, 5) is 12.2. The highest BCUT2D eigenvalue weighted by Crippen LogP contribution is 2.25. The number of thiophene rings is 1. The molecule has 3 nitrogen and oxygen atoms in total. The van der Waals surface area contributed by atoms with Crippen LogP contribution in [0.25, 0.3) is 0 Å². The van der Waals surface area contributed by atoms with Crippen LogP contribution in [0.1, 0.15) is 9.67 Å². The Morgan fingerprint density at radius 3 is 2.56 bits per heavy atom. The number of carbonyl (C=O) groups is 1. The molecule has 1 amide bonds. The maximum absolute atomic E-state index is 11.8. The molecule has 0 saturated carbocycles. The fourth-order valence-electron chi connectivity index (χ4n) is 1.23. The fourth-order valence-corrected chi connectivity index (χ4v) is 2.60. The summed E-state index contributed by atoms with van der Waals surface area (Å²) in [6.07, 6.45) is 0. The van der Waals surface area contributed by atoms with E-state index in [1.807, 2.05) is 0 Å². The lowest BCUT2D eigenvalue weighted by atomic mass is 10.3. The van der Waals surface area contributed by atoms with Gasteiger partial charge in [-0.05, 0) is 29.6 Å². The second-order valence-electron chi connectivity index (χ2n) is 3.30. The van der Waals surface area contributed by atoms with Gasteiger partial charge in [0.1, 0.15) is 4.88 Å². The summed E-state index contributed by atoms with van der Waals surface area (Å²) < 4.78 is 0. The smallest absolute Gasteiger partial charge is 0.281 e. The molecule has 2 rings (SSSR count). The van der Waals surface area contributed by atoms with Gasteiger partial charge in [0.15, 0.2) is 0 Å². The van der Waals surface area contributed by atoms with Crippen molar-refractivity contribution in [3.63, 3.8) is 0 Å². The SMILES string of the molecule is O=C(NNc1cc(Cl)ccc1Cl)c1sccc1Cl. The zero-order chi connectivity index (χ0) is 13.1. The van der Waals surface area contributed by atoms with Gasteiger partial charge >= 0.3 is 0 Å². The Hall–Kier alpha value is -0.940. The van der Waals surface area contributed by atoms with E-state index in [4.69, 9.17) is 34.8 Å². The zero-order valence-corrected chi connectivity index (χ0v) is 11.9. The van der Waals surface area contributed by atoms with Crippen LogP contribution in [0.2, 0.25) is 15.1 Å². The van der Waals surface area contributed by atoms with Gasteiger partial charge in [-0.2, -0.15) is 0 Å². The average Bonchev–Trinajstić information content (AvgIpc) is 2.76. The summed E-state index contributed by atoms with van der Waals surface area (Å²) in [6, 6.07) is 6.57. The van der Waals surface area contributed by atoms with E-state index >= 15 is 0 Å². The topological polar surface area (TPSA) is 41.1 Å². The Labute approximate surface area is 123 Å². The van der Waals surface area contributed by atoms with Gasteiger partial charge < -0.3 is 0 Å². The number of hydrogen-bond acceptors (Lipinski definition) is 3. The van der Waals surface area contributed by atoms with Crippen LogP contribution in [0.3, 0.4) is 0 Å². The first-order valence-electron chi connectivity index (χ1n) is 4.82. The third-order valence-corrected chi connectivity index (χ3v) is 3.97. The van der Waals surface area contributed by atoms with Crippen molar-refractivity contribution in [3.05, 3.63) is 49.6 Å². The minimum atomic E-state index is -0.328. The van der Waals surface area contributed by atoms with Gasteiger partial charge in [-0.3, -0.25) is 15.6 Å². The van der Waals surface area contributed by atoms with Gasteiger partial charge in [-0.1, -0.05) is 34.8 Å². The molecule has 94 valence electrons. The van der Waals surface area contributed by atoms with Crippen molar-refractivity contribution in [1.29, 1.82) is 0 Å². The number of rotatable bonds is 3. The van der Waals surface area contributed by atoms with E-state index in [0.717, 1.165) is 0 Å². The Balaban J connectivity index is 2.06. The van der Waals surface area contributed by atoms with Crippen LogP contribution >= 0.6 is 46.1 Å². The second-order valence-corrected chi connectivity index (χ2v) is 5.47. The maximum atomic E-state index is 11.8. The number of halogens is 3. The number of hydrogen-bond donors (Lipinski definition) is 2. The summed E-state index contributed by atoms with van der Waals surface area (Å²) in [7, 11) is 0. The number of amides is 1. The van der Waals surface area contributed by atoms with Crippen LogP contribution in [0.15, 0.2) is 29.6 Å². The molecular formula is C11H7Cl3N2OS. The maximum Gasteiger partial charge on any atom is 0.281 e. The third-order valence-electron chi connectivity index (χ3n) is 2.06. The molecule has 0 unspecified atom stereocenters. The molecule has 0 aliphatic rings. The van der Waals surface area contributed by atoms with Crippen molar-refractivity contribution in [3.8, 4) is 0 Å². The molecule has 7 heteroatoms. The molecule has 0 aliphatic heterocycles. The van der Waals surface area contributed by atoms with E-state index in [2.05, 4.69) is 10.9 Å². The van der Waals surface area contributed by atoms with Gasteiger partial charge in [0.2, 0.25) is 0 Å². The summed E-state index contributed by atoms with van der Waals surface area (Å²) in [5.74, 6) is -0.328. The largest absolute Gasteiger partial charge is 0.297 e. The Morgan fingerprint density at radius 2 is 1.89 bits per heavy atom. The van der Waals surface area contributed by atoms with E-state index in [9.17, 15) is 4.79 Å². The average molecular weight is 322 g/mol. The van der Waals surface area contributed by atoms with E-state index in [1.54, 1.807) is 29.6 Å². The van der Waals surface area contributed by atoms with Crippen molar-refractivity contribution in [2.75, 3.05) is 5.43 Å². The molecule has 0 spiro atoms. The van der Waals surface area contributed by atoms with Crippen LogP contribution < -0.4 is 10.9 Å². The third kappa shape index (κ3) is 3.09. The van der Waals surface area contributed by atoms with Crippen LogP contribution in [0.5, 0.6) is 0 Å². The molecule has 0 radical (unpaired) electrons. The number of carbonyl (C=O) groups excluding carboxylic acids is 1. The van der Waals surface area contributed by atoms with Crippen LogP contribution in [0, 0.1) is 0 Å². The van der Waals surface area contributed by atoms with Gasteiger partial charge in [-0.25, -0.2) is 0 Å². The standard InChI is InChI=1S/C11H7Cl3N2OS/c12-6-1-2-7(13)9(5-6)15-16-11(17)10-8(14)3-4-18-10/h1-5,15H,(H,16,17). The molecule has 0 aliphatic carbocycles. The number of nitrogens with one attached hydrogen (secondary N) is 2. The van der Waals surface area contributed by atoms with E-state index < -0.39 is 0 Å². The van der Waals surface area contributed by atoms with Crippen LogP contribution in [-0.2, 0) is 0 Å². The molecule has 2 aromatic rings. The molecule has 0 bridgehead atoms. The second kappa shape index (κ2) is 5.80. The number of benzene rings is 1. The molecule has 1 aromatic carbocycles. The lowest BCUT2D eigenvalue weighted by Gasteiger charge is -2.09. The molecule has 18 heavy (non-hydrogen) atoms. The number of anilines is 1. The zero-order valence-electron chi connectivity index (χ0n) is 8.84. The van der Waals surface area contributed by atoms with E-state index in [-0.39, 0.29) is 5.91 Å². The van der Waals surface area contributed by atoms with Gasteiger partial charge in [0, 0.05) is 5.02 Å². The normalized spacial score (nSPS) is 10.2. The van der Waals surface area contributed by atoms with Crippen LogP contribution in [-0.4, -0.2) is 5.91 Å². The predicted octanol–water partition coefficient (Wildman–Crippen LogP) is 4.47. The van der Waals surface area contributed by atoms with Crippen LogP contribution in [0.4, 0.5) is 5.69 Å². The minimum Gasteiger partial charge on any atom is -0.297 e. The Morgan fingerprint density at radius 1 is 1.11 bits per heavy atom. The molecule has 0 atom stereocenters. The minimum absolute atomic E-state index is 0.328. The lowest BCUT2D eigenvalue weighted by molar-refractivity contribution is 0.0967. The highest BCUT2D eigenvalue weighted by molar-refractivity contribution is 7.12. The van der Waals surface area contributed by atoms with E-state index in [1.165, 1.54) is 11.3 Å². The predicted molar refractivity (Wildman–Crippen MR) is 76.9 cm³/mol. The molecule has 1 heterocycles. The first kappa shape index (κ1) is 13.5. The summed E-state index contributed by atoms with van der Waals surface area (Å²) in [5, 5.41) is 3.13. The van der Waals surface area contributed by atoms with Crippen molar-refractivity contribution >= 4 is 57.7 Å². The van der Waals surface area contributed by atoms with Gasteiger partial charge in [0.05, 0.1) is 15.7 Å². The van der Waals surface area contributed by atoms with Crippen molar-refractivity contribution in [2.24, 2.45) is 0 Å². The molecular weight excluding hydrogens is 315 g/mol. The quantitative estimate of drug-likeness (QED) is 0.819. The van der Waals surface area contributed by atoms with Gasteiger partial charge in [0.25, 0.3) is 5.91 Å². The van der Waals surface area contributed by atoms with Gasteiger partial charge in [-0.15, -0.1) is 11.3 Å². The summed E-state index contributed by atoms with van der Waals surface area (Å²) >= 11 is 18.9. The molecule has 0 fully saturated rings. The molecule has 1 aromatic heterocycles. The summed E-state index contributed by atoms with van der Waals surface area (Å²) in [6.45, 7) is 0. The highest BCUT2D eigenvalue weighted by Gasteiger charge is 2.11.